The van der Waals surface area contributed by atoms with Gasteiger partial charge < -0.3 is 9.30 Å². The predicted octanol–water partition coefficient (Wildman–Crippen LogP) is 4.32. The Hall–Kier alpha value is -3.35. The van der Waals surface area contributed by atoms with E-state index in [0.717, 1.165) is 33.4 Å². The van der Waals surface area contributed by atoms with Gasteiger partial charge in [0.05, 0.1) is 22.2 Å². The van der Waals surface area contributed by atoms with Crippen LogP contribution in [0.4, 0.5) is 10.1 Å². The number of carbonyl (C=O) groups excluding carboxylic acids is 2. The lowest BCUT2D eigenvalue weighted by Crippen LogP contribution is -2.22. The maximum Gasteiger partial charge on any atom is 0.325 e. The summed E-state index contributed by atoms with van der Waals surface area (Å²) in [6.45, 7) is -0.137. The number of nitrogens with one attached hydrogen (secondary N) is 1. The minimum Gasteiger partial charge on any atom is -0.468 e. The molecule has 0 bridgehead atoms. The molecule has 35 heavy (non-hydrogen) atoms. The Morgan fingerprint density at radius 3 is 2.57 bits per heavy atom. The molecule has 8 nitrogen and oxygen atoms in total. The van der Waals surface area contributed by atoms with Crippen LogP contribution in [0.5, 0.6) is 0 Å². The highest BCUT2D eigenvalue weighted by molar-refractivity contribution is 9.10. The third kappa shape index (κ3) is 5.66. The van der Waals surface area contributed by atoms with Crippen LogP contribution in [-0.4, -0.2) is 32.0 Å². The summed E-state index contributed by atoms with van der Waals surface area (Å²) in [5.74, 6) is -1.69. The molecule has 12 heteroatoms. The standard InChI is InChI=1S/C23H17BrFN3O5S2/c1-33-21(29)13-28-19-10-5-15(24)12-20(19)34-23(28)26-22(30)14-3-2-4-17(11-14)27-35(31,32)18-8-6-16(25)7-9-18/h2-12,27H,13H2,1H3. The van der Waals surface area contributed by atoms with Gasteiger partial charge in [-0.3, -0.25) is 14.3 Å². The van der Waals surface area contributed by atoms with E-state index in [9.17, 15) is 22.4 Å². The molecule has 1 aromatic heterocycles. The van der Waals surface area contributed by atoms with Gasteiger partial charge in [0.15, 0.2) is 4.80 Å². The molecular weight excluding hydrogens is 561 g/mol. The van der Waals surface area contributed by atoms with Crippen LogP contribution in [0.3, 0.4) is 0 Å². The van der Waals surface area contributed by atoms with E-state index in [-0.39, 0.29) is 27.5 Å². The van der Waals surface area contributed by atoms with Crippen molar-refractivity contribution >= 4 is 65.1 Å². The van der Waals surface area contributed by atoms with E-state index < -0.39 is 27.7 Å². The monoisotopic (exact) mass is 577 g/mol. The summed E-state index contributed by atoms with van der Waals surface area (Å²) in [6.07, 6.45) is 0. The quantitative estimate of drug-likeness (QED) is 0.343. The summed E-state index contributed by atoms with van der Waals surface area (Å²) in [5, 5.41) is 0. The highest BCUT2D eigenvalue weighted by Crippen LogP contribution is 2.23. The zero-order valence-corrected chi connectivity index (χ0v) is 21.3. The van der Waals surface area contributed by atoms with Gasteiger partial charge in [0.25, 0.3) is 15.9 Å². The van der Waals surface area contributed by atoms with Crippen molar-refractivity contribution in [2.75, 3.05) is 11.8 Å². The molecule has 0 fully saturated rings. The molecule has 0 saturated heterocycles. The number of halogens is 2. The number of methoxy groups -OCH3 is 1. The molecule has 0 saturated carbocycles. The lowest BCUT2D eigenvalue weighted by Gasteiger charge is -2.09. The van der Waals surface area contributed by atoms with Crippen LogP contribution < -0.4 is 9.52 Å². The summed E-state index contributed by atoms with van der Waals surface area (Å²) in [5.41, 5.74) is 0.974. The first-order valence-corrected chi connectivity index (χ1v) is 13.1. The van der Waals surface area contributed by atoms with Crippen LogP contribution in [0.15, 0.2) is 81.1 Å². The summed E-state index contributed by atoms with van der Waals surface area (Å²) in [6, 6.07) is 15.7. The number of ether oxygens (including phenoxy) is 1. The fourth-order valence-electron chi connectivity index (χ4n) is 3.17. The van der Waals surface area contributed by atoms with Crippen LogP contribution in [0.25, 0.3) is 10.2 Å². The van der Waals surface area contributed by atoms with Gasteiger partial charge in [0, 0.05) is 15.7 Å². The van der Waals surface area contributed by atoms with Crippen molar-refractivity contribution in [3.8, 4) is 0 Å². The lowest BCUT2D eigenvalue weighted by atomic mass is 10.2. The van der Waals surface area contributed by atoms with Crippen molar-refractivity contribution < 1.29 is 27.1 Å². The van der Waals surface area contributed by atoms with E-state index in [1.54, 1.807) is 10.6 Å². The molecule has 0 aliphatic rings. The van der Waals surface area contributed by atoms with E-state index in [2.05, 4.69) is 25.6 Å². The smallest absolute Gasteiger partial charge is 0.325 e. The number of nitrogens with zero attached hydrogens (tertiary/aromatic N) is 2. The zero-order chi connectivity index (χ0) is 25.2. The number of rotatable bonds is 6. The van der Waals surface area contributed by atoms with E-state index >= 15 is 0 Å². The molecule has 4 aromatic rings. The first-order chi connectivity index (χ1) is 16.7. The SMILES string of the molecule is COC(=O)Cn1c(=NC(=O)c2cccc(NS(=O)(=O)c3ccc(F)cc3)c2)sc2cc(Br)ccc21. The average Bonchev–Trinajstić information content (AvgIpc) is 3.14. The number of hydrogen-bond donors (Lipinski definition) is 1. The van der Waals surface area contributed by atoms with Gasteiger partial charge in [-0.2, -0.15) is 4.99 Å². The number of hydrogen-bond acceptors (Lipinski definition) is 6. The van der Waals surface area contributed by atoms with Crippen molar-refractivity contribution in [2.24, 2.45) is 4.99 Å². The van der Waals surface area contributed by atoms with Crippen molar-refractivity contribution in [2.45, 2.75) is 11.4 Å². The van der Waals surface area contributed by atoms with Crippen molar-refractivity contribution in [1.29, 1.82) is 0 Å². The first kappa shape index (κ1) is 24.8. The molecule has 0 aliphatic heterocycles. The minimum atomic E-state index is -3.99. The Kier molecular flexibility index (Phi) is 7.15. The second kappa shape index (κ2) is 10.1. The third-order valence-corrected chi connectivity index (χ3v) is 7.77. The average molecular weight is 578 g/mol. The Balaban J connectivity index is 1.68. The fraction of sp³-hybridized carbons (Fsp3) is 0.0870. The maximum absolute atomic E-state index is 13.1. The van der Waals surface area contributed by atoms with E-state index in [1.165, 1.54) is 42.7 Å². The highest BCUT2D eigenvalue weighted by atomic mass is 79.9. The highest BCUT2D eigenvalue weighted by Gasteiger charge is 2.16. The molecule has 0 aliphatic carbocycles. The van der Waals surface area contributed by atoms with Gasteiger partial charge in [0.2, 0.25) is 0 Å². The number of anilines is 1. The summed E-state index contributed by atoms with van der Waals surface area (Å²) >= 11 is 4.63. The van der Waals surface area contributed by atoms with Gasteiger partial charge in [-0.15, -0.1) is 0 Å². The molecule has 1 heterocycles. The minimum absolute atomic E-state index is 0.124. The molecule has 0 atom stereocenters. The maximum atomic E-state index is 13.1. The van der Waals surface area contributed by atoms with Gasteiger partial charge >= 0.3 is 5.97 Å². The topological polar surface area (TPSA) is 107 Å². The summed E-state index contributed by atoms with van der Waals surface area (Å²) < 4.78 is 48.7. The van der Waals surface area contributed by atoms with Crippen LogP contribution >= 0.6 is 27.3 Å². The molecular formula is C23H17BrFN3O5S2. The van der Waals surface area contributed by atoms with E-state index in [0.29, 0.717) is 5.52 Å². The number of carbonyl (C=O) groups is 2. The molecule has 0 radical (unpaired) electrons. The van der Waals surface area contributed by atoms with Gasteiger partial charge in [-0.05, 0) is 60.7 Å². The molecule has 1 amide bonds. The number of amides is 1. The lowest BCUT2D eigenvalue weighted by molar-refractivity contribution is -0.141. The Bertz CT molecular complexity index is 1610. The van der Waals surface area contributed by atoms with Crippen LogP contribution in [0.2, 0.25) is 0 Å². The third-order valence-electron chi connectivity index (χ3n) is 4.84. The number of thiazole rings is 1. The molecule has 0 unspecified atom stereocenters. The Morgan fingerprint density at radius 1 is 1.11 bits per heavy atom. The van der Waals surface area contributed by atoms with E-state index in [4.69, 9.17) is 4.74 Å². The van der Waals surface area contributed by atoms with Gasteiger partial charge in [-0.25, -0.2) is 12.8 Å². The molecule has 1 N–H and O–H groups in total. The predicted molar refractivity (Wildman–Crippen MR) is 133 cm³/mol. The summed E-state index contributed by atoms with van der Waals surface area (Å²) in [7, 11) is -2.72. The second-order valence-electron chi connectivity index (χ2n) is 7.22. The largest absolute Gasteiger partial charge is 0.468 e. The van der Waals surface area contributed by atoms with Crippen molar-refractivity contribution in [3.63, 3.8) is 0 Å². The number of fused-ring (bicyclic) bond motifs is 1. The Labute approximate surface area is 211 Å². The fourth-order valence-corrected chi connectivity index (χ4v) is 5.80. The molecule has 4 rings (SSSR count). The molecule has 180 valence electrons. The number of benzene rings is 3. The zero-order valence-electron chi connectivity index (χ0n) is 18.1. The number of esters is 1. The van der Waals surface area contributed by atoms with E-state index in [1.807, 2.05) is 12.1 Å². The van der Waals surface area contributed by atoms with Crippen molar-refractivity contribution in [1.82, 2.24) is 4.57 Å². The molecule has 3 aromatic carbocycles. The second-order valence-corrected chi connectivity index (χ2v) is 10.8. The first-order valence-electron chi connectivity index (χ1n) is 9.99. The van der Waals surface area contributed by atoms with Crippen molar-refractivity contribution in [3.05, 3.63) is 87.4 Å². The van der Waals surface area contributed by atoms with Crippen LogP contribution in [0, 0.1) is 5.82 Å². The van der Waals surface area contributed by atoms with Crippen LogP contribution in [-0.2, 0) is 26.1 Å². The van der Waals surface area contributed by atoms with Gasteiger partial charge in [-0.1, -0.05) is 33.3 Å². The van der Waals surface area contributed by atoms with Crippen LogP contribution in [0.1, 0.15) is 10.4 Å². The summed E-state index contributed by atoms with van der Waals surface area (Å²) in [4.78, 5) is 29.3. The molecule has 0 spiro atoms. The Morgan fingerprint density at radius 2 is 1.86 bits per heavy atom. The normalized spacial score (nSPS) is 12.0. The number of aromatic nitrogens is 1. The number of sulfonamides is 1. The van der Waals surface area contributed by atoms with Gasteiger partial charge in [0.1, 0.15) is 12.4 Å².